The summed E-state index contributed by atoms with van der Waals surface area (Å²) < 4.78 is 5.61. The van der Waals surface area contributed by atoms with Crippen molar-refractivity contribution < 1.29 is 4.74 Å². The van der Waals surface area contributed by atoms with Crippen LogP contribution in [0.5, 0.6) is 5.75 Å². The number of rotatable bonds is 3. The summed E-state index contributed by atoms with van der Waals surface area (Å²) in [5, 5.41) is 10.9. The maximum absolute atomic E-state index is 9.02. The zero-order valence-corrected chi connectivity index (χ0v) is 9.31. The highest BCUT2D eigenvalue weighted by Crippen LogP contribution is 2.28. The number of hydrogen-bond donors (Lipinski definition) is 0. The number of nitriles is 1. The summed E-state index contributed by atoms with van der Waals surface area (Å²) in [6.45, 7) is 0.492. The van der Waals surface area contributed by atoms with Crippen LogP contribution in [-0.4, -0.2) is 6.61 Å². The third-order valence-electron chi connectivity index (χ3n) is 2.51. The molecule has 2 nitrogen and oxygen atoms in total. The van der Waals surface area contributed by atoms with Crippen LogP contribution in [0, 0.1) is 23.7 Å². The van der Waals surface area contributed by atoms with Crippen molar-refractivity contribution in [3.8, 4) is 24.2 Å². The van der Waals surface area contributed by atoms with Gasteiger partial charge in [0.1, 0.15) is 5.75 Å². The minimum Gasteiger partial charge on any atom is -0.492 e. The second-order valence-electron chi connectivity index (χ2n) is 3.57. The first-order valence-electron chi connectivity index (χ1n) is 5.35. The molecule has 0 aromatic heterocycles. The molecular weight excluding hydrogens is 210 g/mol. The van der Waals surface area contributed by atoms with E-state index >= 15 is 0 Å². The smallest absolute Gasteiger partial charge is 0.127 e. The summed E-state index contributed by atoms with van der Waals surface area (Å²) in [5.74, 6) is 3.30. The van der Waals surface area contributed by atoms with Crippen LogP contribution in [0.2, 0.25) is 0 Å². The lowest BCUT2D eigenvalue weighted by atomic mass is 10.0. The SMILES string of the molecule is C#CCCOc1ccc(C#N)c2ccccc12. The first kappa shape index (κ1) is 11.0. The first-order chi connectivity index (χ1) is 8.36. The molecular formula is C15H11NO. The molecule has 0 aliphatic rings. The summed E-state index contributed by atoms with van der Waals surface area (Å²) in [6.07, 6.45) is 5.76. The van der Waals surface area contributed by atoms with Crippen LogP contribution in [0.15, 0.2) is 36.4 Å². The summed E-state index contributed by atoms with van der Waals surface area (Å²) in [6, 6.07) is 13.5. The van der Waals surface area contributed by atoms with Gasteiger partial charge in [-0.25, -0.2) is 0 Å². The van der Waals surface area contributed by atoms with Crippen molar-refractivity contribution in [3.05, 3.63) is 42.0 Å². The van der Waals surface area contributed by atoms with E-state index in [1.165, 1.54) is 0 Å². The Labute approximate surface area is 100 Å². The quantitative estimate of drug-likeness (QED) is 0.589. The van der Waals surface area contributed by atoms with Crippen LogP contribution in [0.25, 0.3) is 10.8 Å². The lowest BCUT2D eigenvalue weighted by Crippen LogP contribution is -1.96. The van der Waals surface area contributed by atoms with E-state index < -0.39 is 0 Å². The van der Waals surface area contributed by atoms with Crippen molar-refractivity contribution in [2.75, 3.05) is 6.61 Å². The Hall–Kier alpha value is -2.45. The van der Waals surface area contributed by atoms with Gasteiger partial charge in [0.2, 0.25) is 0 Å². The lowest BCUT2D eigenvalue weighted by Gasteiger charge is -2.08. The van der Waals surface area contributed by atoms with Crippen LogP contribution in [0.3, 0.4) is 0 Å². The molecule has 0 unspecified atom stereocenters. The van der Waals surface area contributed by atoms with Gasteiger partial charge < -0.3 is 4.74 Å². The second-order valence-corrected chi connectivity index (χ2v) is 3.57. The highest BCUT2D eigenvalue weighted by molar-refractivity contribution is 5.92. The van der Waals surface area contributed by atoms with Gasteiger partial charge in [0.15, 0.2) is 0 Å². The van der Waals surface area contributed by atoms with E-state index in [1.807, 2.05) is 30.3 Å². The van der Waals surface area contributed by atoms with Gasteiger partial charge in [-0.05, 0) is 12.1 Å². The van der Waals surface area contributed by atoms with Crippen LogP contribution < -0.4 is 4.74 Å². The van der Waals surface area contributed by atoms with Crippen molar-refractivity contribution in [1.82, 2.24) is 0 Å². The molecule has 0 fully saturated rings. The fraction of sp³-hybridized carbons (Fsp3) is 0.133. The maximum Gasteiger partial charge on any atom is 0.127 e. The Kier molecular flexibility index (Phi) is 3.28. The Morgan fingerprint density at radius 3 is 2.59 bits per heavy atom. The molecule has 0 atom stereocenters. The molecule has 0 aliphatic carbocycles. The predicted molar refractivity (Wildman–Crippen MR) is 67.6 cm³/mol. The van der Waals surface area contributed by atoms with Gasteiger partial charge in [-0.15, -0.1) is 12.3 Å². The average molecular weight is 221 g/mol. The molecule has 0 heterocycles. The molecule has 2 heteroatoms. The van der Waals surface area contributed by atoms with E-state index in [2.05, 4.69) is 12.0 Å². The third-order valence-corrected chi connectivity index (χ3v) is 2.51. The standard InChI is InChI=1S/C15H11NO/c1-2-3-10-17-15-9-8-12(11-16)13-6-4-5-7-14(13)15/h1,4-9H,3,10H2. The van der Waals surface area contributed by atoms with E-state index in [9.17, 15) is 0 Å². The molecule has 0 spiro atoms. The van der Waals surface area contributed by atoms with Gasteiger partial charge >= 0.3 is 0 Å². The number of fused-ring (bicyclic) bond motifs is 1. The van der Waals surface area contributed by atoms with Crippen molar-refractivity contribution in [1.29, 1.82) is 5.26 Å². The largest absolute Gasteiger partial charge is 0.492 e. The Balaban J connectivity index is 2.45. The molecule has 2 aromatic rings. The molecule has 17 heavy (non-hydrogen) atoms. The van der Waals surface area contributed by atoms with Crippen molar-refractivity contribution in [3.63, 3.8) is 0 Å². The fourth-order valence-electron chi connectivity index (χ4n) is 1.71. The van der Waals surface area contributed by atoms with Gasteiger partial charge in [0.05, 0.1) is 18.2 Å². The predicted octanol–water partition coefficient (Wildman–Crippen LogP) is 3.11. The number of terminal acetylenes is 1. The molecule has 2 rings (SSSR count). The summed E-state index contributed by atoms with van der Waals surface area (Å²) in [5.41, 5.74) is 0.657. The van der Waals surface area contributed by atoms with Gasteiger partial charge in [0, 0.05) is 17.2 Å². The molecule has 0 saturated carbocycles. The van der Waals surface area contributed by atoms with Crippen LogP contribution >= 0.6 is 0 Å². The Morgan fingerprint density at radius 1 is 1.12 bits per heavy atom. The van der Waals surface area contributed by atoms with Crippen molar-refractivity contribution in [2.45, 2.75) is 6.42 Å². The summed E-state index contributed by atoms with van der Waals surface area (Å²) >= 11 is 0. The summed E-state index contributed by atoms with van der Waals surface area (Å²) in [4.78, 5) is 0. The lowest BCUT2D eigenvalue weighted by molar-refractivity contribution is 0.331. The van der Waals surface area contributed by atoms with Crippen LogP contribution in [-0.2, 0) is 0 Å². The highest BCUT2D eigenvalue weighted by Gasteiger charge is 2.05. The number of ether oxygens (including phenoxy) is 1. The molecule has 82 valence electrons. The van der Waals surface area contributed by atoms with Gasteiger partial charge in [-0.2, -0.15) is 5.26 Å². The molecule has 0 amide bonds. The first-order valence-corrected chi connectivity index (χ1v) is 5.35. The van der Waals surface area contributed by atoms with Crippen LogP contribution in [0.4, 0.5) is 0 Å². The second kappa shape index (κ2) is 5.05. The third kappa shape index (κ3) is 2.22. The molecule has 0 aliphatic heterocycles. The van der Waals surface area contributed by atoms with E-state index in [-0.39, 0.29) is 0 Å². The monoisotopic (exact) mass is 221 g/mol. The summed E-state index contributed by atoms with van der Waals surface area (Å²) in [7, 11) is 0. The van der Waals surface area contributed by atoms with Gasteiger partial charge in [0.25, 0.3) is 0 Å². The zero-order chi connectivity index (χ0) is 12.1. The van der Waals surface area contributed by atoms with Crippen LogP contribution in [0.1, 0.15) is 12.0 Å². The number of benzene rings is 2. The molecule has 0 saturated heterocycles. The topological polar surface area (TPSA) is 33.0 Å². The fourth-order valence-corrected chi connectivity index (χ4v) is 1.71. The minimum atomic E-state index is 0.492. The zero-order valence-electron chi connectivity index (χ0n) is 9.31. The van der Waals surface area contributed by atoms with Gasteiger partial charge in [-0.1, -0.05) is 24.3 Å². The highest BCUT2D eigenvalue weighted by atomic mass is 16.5. The molecule has 0 N–H and O–H groups in total. The number of nitrogens with zero attached hydrogens (tertiary/aromatic N) is 1. The van der Waals surface area contributed by atoms with Gasteiger partial charge in [-0.3, -0.25) is 0 Å². The normalized spacial score (nSPS) is 9.53. The Morgan fingerprint density at radius 2 is 1.88 bits per heavy atom. The Bertz CT molecular complexity index is 617. The van der Waals surface area contributed by atoms with E-state index in [0.717, 1.165) is 16.5 Å². The number of hydrogen-bond acceptors (Lipinski definition) is 2. The molecule has 0 bridgehead atoms. The maximum atomic E-state index is 9.02. The molecule has 2 aromatic carbocycles. The van der Waals surface area contributed by atoms with E-state index in [1.54, 1.807) is 6.07 Å². The average Bonchev–Trinajstić information content (AvgIpc) is 2.39. The van der Waals surface area contributed by atoms with E-state index in [4.69, 9.17) is 16.4 Å². The minimum absolute atomic E-state index is 0.492. The van der Waals surface area contributed by atoms with Crippen molar-refractivity contribution in [2.24, 2.45) is 0 Å². The van der Waals surface area contributed by atoms with E-state index in [0.29, 0.717) is 18.6 Å². The molecule has 0 radical (unpaired) electrons. The van der Waals surface area contributed by atoms with Crippen molar-refractivity contribution >= 4 is 10.8 Å².